The van der Waals surface area contributed by atoms with Crippen molar-refractivity contribution in [2.24, 2.45) is 0 Å². The maximum Gasteiger partial charge on any atom is 0.418 e. The first kappa shape index (κ1) is 13.4. The lowest BCUT2D eigenvalue weighted by Gasteiger charge is -2.13. The molecule has 0 fully saturated rings. The molecule has 21 heavy (non-hydrogen) atoms. The van der Waals surface area contributed by atoms with Crippen molar-refractivity contribution in [1.29, 1.82) is 0 Å². The van der Waals surface area contributed by atoms with Gasteiger partial charge in [-0.3, -0.25) is 4.57 Å². The number of nitrogens with one attached hydrogen (secondary N) is 1. The van der Waals surface area contributed by atoms with E-state index in [2.05, 4.69) is 4.98 Å². The van der Waals surface area contributed by atoms with Crippen molar-refractivity contribution < 1.29 is 17.6 Å². The summed E-state index contributed by atoms with van der Waals surface area (Å²) in [6.45, 7) is 0. The first-order valence-corrected chi connectivity index (χ1v) is 5.95. The molecule has 1 aromatic heterocycles. The number of aromatic amines is 1. The van der Waals surface area contributed by atoms with E-state index in [1.54, 1.807) is 0 Å². The number of alkyl halides is 3. The number of H-pyrrole nitrogens is 1. The highest BCUT2D eigenvalue weighted by atomic mass is 19.4. The monoisotopic (exact) mass is 296 g/mol. The van der Waals surface area contributed by atoms with Gasteiger partial charge in [-0.25, -0.2) is 9.18 Å². The van der Waals surface area contributed by atoms with Gasteiger partial charge in [-0.05, 0) is 24.3 Å². The number of hydrogen-bond acceptors (Lipinski definition) is 1. The molecular weight excluding hydrogens is 288 g/mol. The van der Waals surface area contributed by atoms with Crippen molar-refractivity contribution in [3.63, 3.8) is 0 Å². The van der Waals surface area contributed by atoms with Crippen LogP contribution >= 0.6 is 0 Å². The predicted molar refractivity (Wildman–Crippen MR) is 68.9 cm³/mol. The van der Waals surface area contributed by atoms with Crippen molar-refractivity contribution in [3.8, 4) is 5.69 Å². The van der Waals surface area contributed by atoms with Crippen LogP contribution in [0.5, 0.6) is 0 Å². The number of para-hydroxylation sites is 2. The van der Waals surface area contributed by atoms with Gasteiger partial charge in [0.15, 0.2) is 0 Å². The summed E-state index contributed by atoms with van der Waals surface area (Å²) in [4.78, 5) is 14.2. The summed E-state index contributed by atoms with van der Waals surface area (Å²) in [6, 6.07) is 8.49. The van der Waals surface area contributed by atoms with Gasteiger partial charge in [0.1, 0.15) is 11.3 Å². The molecule has 3 aromatic rings. The van der Waals surface area contributed by atoms with Crippen LogP contribution in [0.4, 0.5) is 17.6 Å². The fourth-order valence-corrected chi connectivity index (χ4v) is 2.24. The Hall–Kier alpha value is -2.57. The molecule has 0 radical (unpaired) electrons. The zero-order chi connectivity index (χ0) is 15.2. The zero-order valence-electron chi connectivity index (χ0n) is 10.4. The van der Waals surface area contributed by atoms with E-state index >= 15 is 0 Å². The van der Waals surface area contributed by atoms with E-state index in [4.69, 9.17) is 0 Å². The van der Waals surface area contributed by atoms with Crippen molar-refractivity contribution in [1.82, 2.24) is 9.55 Å². The molecule has 0 saturated carbocycles. The van der Waals surface area contributed by atoms with E-state index in [1.165, 1.54) is 30.3 Å². The molecule has 1 heterocycles. The van der Waals surface area contributed by atoms with Crippen molar-refractivity contribution in [3.05, 3.63) is 64.3 Å². The van der Waals surface area contributed by atoms with Gasteiger partial charge in [0.25, 0.3) is 0 Å². The van der Waals surface area contributed by atoms with Crippen LogP contribution in [0.3, 0.4) is 0 Å². The van der Waals surface area contributed by atoms with Crippen molar-refractivity contribution >= 4 is 11.0 Å². The number of aromatic nitrogens is 2. The van der Waals surface area contributed by atoms with Crippen molar-refractivity contribution in [2.45, 2.75) is 6.18 Å². The standard InChI is InChI=1S/C14H8F4N2O/c15-9-5-3-7-11-12(9)19-13(21)20(11)10-6-2-1-4-8(10)14(16,17)18/h1-7H,(H,19,21). The second kappa shape index (κ2) is 4.47. The molecule has 2 aromatic carbocycles. The van der Waals surface area contributed by atoms with Gasteiger partial charge in [0, 0.05) is 0 Å². The molecule has 0 amide bonds. The first-order chi connectivity index (χ1) is 9.89. The van der Waals surface area contributed by atoms with Crippen LogP contribution in [-0.2, 0) is 6.18 Å². The third-order valence-corrected chi connectivity index (χ3v) is 3.12. The maximum absolute atomic E-state index is 13.6. The van der Waals surface area contributed by atoms with Crippen LogP contribution < -0.4 is 5.69 Å². The van der Waals surface area contributed by atoms with Crippen molar-refractivity contribution in [2.75, 3.05) is 0 Å². The summed E-state index contributed by atoms with van der Waals surface area (Å²) in [5.41, 5.74) is -2.20. The fraction of sp³-hybridized carbons (Fsp3) is 0.0714. The van der Waals surface area contributed by atoms with E-state index in [-0.39, 0.29) is 16.7 Å². The summed E-state index contributed by atoms with van der Waals surface area (Å²) >= 11 is 0. The van der Waals surface area contributed by atoms with Gasteiger partial charge in [0.05, 0.1) is 16.8 Å². The average molecular weight is 296 g/mol. The van der Waals surface area contributed by atoms with Crippen LogP contribution in [-0.4, -0.2) is 9.55 Å². The lowest BCUT2D eigenvalue weighted by Crippen LogP contribution is -2.19. The summed E-state index contributed by atoms with van der Waals surface area (Å²) < 4.78 is 53.6. The summed E-state index contributed by atoms with van der Waals surface area (Å²) in [5.74, 6) is -0.701. The molecule has 3 nitrogen and oxygen atoms in total. The van der Waals surface area contributed by atoms with Gasteiger partial charge >= 0.3 is 11.9 Å². The molecule has 0 spiro atoms. The maximum atomic E-state index is 13.6. The molecule has 0 saturated heterocycles. The van der Waals surface area contributed by atoms with E-state index in [0.717, 1.165) is 16.7 Å². The number of hydrogen-bond donors (Lipinski definition) is 1. The van der Waals surface area contributed by atoms with E-state index in [1.807, 2.05) is 0 Å². The first-order valence-electron chi connectivity index (χ1n) is 5.95. The molecule has 3 rings (SSSR count). The fourth-order valence-electron chi connectivity index (χ4n) is 2.24. The highest BCUT2D eigenvalue weighted by Crippen LogP contribution is 2.34. The lowest BCUT2D eigenvalue weighted by atomic mass is 10.1. The molecule has 7 heteroatoms. The van der Waals surface area contributed by atoms with Crippen LogP contribution in [0, 0.1) is 5.82 Å². The molecular formula is C14H8F4N2O. The quantitative estimate of drug-likeness (QED) is 0.686. The Bertz CT molecular complexity index is 877. The SMILES string of the molecule is O=c1[nH]c2c(F)cccc2n1-c1ccccc1C(F)(F)F. The van der Waals surface area contributed by atoms with E-state index in [9.17, 15) is 22.4 Å². The van der Waals surface area contributed by atoms with E-state index < -0.39 is 23.2 Å². The van der Waals surface area contributed by atoms with Crippen LogP contribution in [0.1, 0.15) is 5.56 Å². The Morgan fingerprint density at radius 2 is 1.71 bits per heavy atom. The van der Waals surface area contributed by atoms with Crippen LogP contribution in [0.15, 0.2) is 47.3 Å². The normalized spacial score (nSPS) is 12.0. The molecule has 1 N–H and O–H groups in total. The predicted octanol–water partition coefficient (Wildman–Crippen LogP) is 3.48. The highest BCUT2D eigenvalue weighted by Gasteiger charge is 2.34. The third kappa shape index (κ3) is 2.10. The minimum absolute atomic E-state index is 0.0525. The van der Waals surface area contributed by atoms with Gasteiger partial charge < -0.3 is 4.98 Å². The third-order valence-electron chi connectivity index (χ3n) is 3.12. The Kier molecular flexibility index (Phi) is 2.86. The Balaban J connectivity index is 2.40. The Labute approximate surface area is 115 Å². The number of halogens is 4. The van der Waals surface area contributed by atoms with Gasteiger partial charge in [0.2, 0.25) is 0 Å². The zero-order valence-corrected chi connectivity index (χ0v) is 10.4. The molecule has 0 unspecified atom stereocenters. The molecule has 0 aliphatic rings. The number of fused-ring (bicyclic) bond motifs is 1. The number of imidazole rings is 1. The minimum Gasteiger partial charge on any atom is -0.303 e. The summed E-state index contributed by atoms with van der Waals surface area (Å²) in [5, 5.41) is 0. The number of rotatable bonds is 1. The molecule has 0 atom stereocenters. The van der Waals surface area contributed by atoms with Crippen LogP contribution in [0.2, 0.25) is 0 Å². The largest absolute Gasteiger partial charge is 0.418 e. The summed E-state index contributed by atoms with van der Waals surface area (Å²) in [6.07, 6.45) is -4.62. The molecule has 0 bridgehead atoms. The lowest BCUT2D eigenvalue weighted by molar-refractivity contribution is -0.137. The molecule has 108 valence electrons. The second-order valence-corrected chi connectivity index (χ2v) is 4.41. The van der Waals surface area contributed by atoms with Gasteiger partial charge in [-0.15, -0.1) is 0 Å². The number of benzene rings is 2. The van der Waals surface area contributed by atoms with Gasteiger partial charge in [-0.2, -0.15) is 13.2 Å². The van der Waals surface area contributed by atoms with E-state index in [0.29, 0.717) is 0 Å². The average Bonchev–Trinajstić information content (AvgIpc) is 2.75. The topological polar surface area (TPSA) is 37.8 Å². The Morgan fingerprint density at radius 1 is 1.00 bits per heavy atom. The molecule has 0 aliphatic carbocycles. The highest BCUT2D eigenvalue weighted by molar-refractivity contribution is 5.78. The Morgan fingerprint density at radius 3 is 2.43 bits per heavy atom. The van der Waals surface area contributed by atoms with Crippen LogP contribution in [0.25, 0.3) is 16.7 Å². The molecule has 0 aliphatic heterocycles. The van der Waals surface area contributed by atoms with Gasteiger partial charge in [-0.1, -0.05) is 18.2 Å². The summed E-state index contributed by atoms with van der Waals surface area (Å²) in [7, 11) is 0. The smallest absolute Gasteiger partial charge is 0.303 e. The number of nitrogens with zero attached hydrogens (tertiary/aromatic N) is 1. The minimum atomic E-state index is -4.62. The second-order valence-electron chi connectivity index (χ2n) is 4.41.